The van der Waals surface area contributed by atoms with Crippen molar-refractivity contribution in [3.05, 3.63) is 35.5 Å². The van der Waals surface area contributed by atoms with Crippen molar-refractivity contribution in [1.29, 1.82) is 0 Å². The van der Waals surface area contributed by atoms with Crippen molar-refractivity contribution in [2.75, 3.05) is 13.1 Å². The van der Waals surface area contributed by atoms with E-state index in [-0.39, 0.29) is 43.6 Å². The zero-order valence-electron chi connectivity index (χ0n) is 15.1. The summed E-state index contributed by atoms with van der Waals surface area (Å²) in [5.41, 5.74) is -0.797. The summed E-state index contributed by atoms with van der Waals surface area (Å²) in [4.78, 5) is 29.3. The predicted octanol–water partition coefficient (Wildman–Crippen LogP) is 3.21. The van der Waals surface area contributed by atoms with Crippen molar-refractivity contribution in [1.82, 2.24) is 15.2 Å². The van der Waals surface area contributed by atoms with Gasteiger partial charge < -0.3 is 15.2 Å². The molecule has 0 unspecified atom stereocenters. The average Bonchev–Trinajstić information content (AvgIpc) is 3.01. The van der Waals surface area contributed by atoms with Crippen LogP contribution in [0.25, 0.3) is 10.9 Å². The van der Waals surface area contributed by atoms with Crippen LogP contribution in [0.1, 0.15) is 36.7 Å². The molecule has 1 aromatic heterocycles. The SMILES string of the molecule is CC[C@@H](NC(=O)c1cc2cc(F)c(F)cc2[nH]1)C(=O)N1CC[C@@]2(C1)CC2(F)F. The van der Waals surface area contributed by atoms with Crippen molar-refractivity contribution in [3.8, 4) is 0 Å². The second-order valence-electron chi connectivity index (χ2n) is 7.64. The maximum absolute atomic E-state index is 13.5. The van der Waals surface area contributed by atoms with E-state index in [2.05, 4.69) is 10.3 Å². The van der Waals surface area contributed by atoms with Gasteiger partial charge in [0.15, 0.2) is 11.6 Å². The lowest BCUT2D eigenvalue weighted by Gasteiger charge is -2.23. The monoisotopic (exact) mass is 397 g/mol. The number of nitrogens with zero attached hydrogens (tertiary/aromatic N) is 1. The molecule has 4 rings (SSSR count). The summed E-state index contributed by atoms with van der Waals surface area (Å²) in [6.45, 7) is 1.94. The van der Waals surface area contributed by atoms with Crippen molar-refractivity contribution in [3.63, 3.8) is 0 Å². The Kier molecular flexibility index (Phi) is 4.17. The minimum Gasteiger partial charge on any atom is -0.350 e. The molecule has 1 aliphatic heterocycles. The molecule has 2 atom stereocenters. The molecule has 5 nitrogen and oxygen atoms in total. The molecule has 9 heteroatoms. The first-order valence-corrected chi connectivity index (χ1v) is 9.11. The van der Waals surface area contributed by atoms with Gasteiger partial charge in [-0.2, -0.15) is 0 Å². The third-order valence-corrected chi connectivity index (χ3v) is 5.79. The Hall–Kier alpha value is -2.58. The Bertz CT molecular complexity index is 934. The van der Waals surface area contributed by atoms with Crippen LogP contribution >= 0.6 is 0 Å². The third-order valence-electron chi connectivity index (χ3n) is 5.79. The van der Waals surface area contributed by atoms with Crippen LogP contribution in [0, 0.1) is 17.0 Å². The van der Waals surface area contributed by atoms with Gasteiger partial charge in [-0.25, -0.2) is 17.6 Å². The van der Waals surface area contributed by atoms with Crippen LogP contribution in [0.3, 0.4) is 0 Å². The number of amides is 2. The Balaban J connectivity index is 1.46. The molecule has 1 saturated heterocycles. The molecule has 1 aliphatic carbocycles. The van der Waals surface area contributed by atoms with E-state index in [1.807, 2.05) is 0 Å². The van der Waals surface area contributed by atoms with Crippen LogP contribution in [-0.4, -0.2) is 46.8 Å². The summed E-state index contributed by atoms with van der Waals surface area (Å²) in [6, 6.07) is 2.42. The minimum absolute atomic E-state index is 0.00382. The van der Waals surface area contributed by atoms with E-state index in [0.29, 0.717) is 5.39 Å². The van der Waals surface area contributed by atoms with E-state index in [4.69, 9.17) is 0 Å². The van der Waals surface area contributed by atoms with E-state index in [9.17, 15) is 27.2 Å². The number of hydrogen-bond donors (Lipinski definition) is 2. The fourth-order valence-electron chi connectivity index (χ4n) is 3.93. The number of hydrogen-bond acceptors (Lipinski definition) is 2. The first-order valence-electron chi connectivity index (χ1n) is 9.11. The third kappa shape index (κ3) is 2.93. The molecule has 2 N–H and O–H groups in total. The zero-order chi connectivity index (χ0) is 20.3. The van der Waals surface area contributed by atoms with Gasteiger partial charge >= 0.3 is 0 Å². The molecule has 2 aliphatic rings. The quantitative estimate of drug-likeness (QED) is 0.779. The average molecular weight is 397 g/mol. The summed E-state index contributed by atoms with van der Waals surface area (Å²) in [5, 5.41) is 2.90. The predicted molar refractivity (Wildman–Crippen MR) is 93.0 cm³/mol. The number of H-pyrrole nitrogens is 1. The number of fused-ring (bicyclic) bond motifs is 1. The minimum atomic E-state index is -2.72. The van der Waals surface area contributed by atoms with Crippen molar-refractivity contribution < 1.29 is 27.2 Å². The second-order valence-corrected chi connectivity index (χ2v) is 7.64. The number of aromatic nitrogens is 1. The summed E-state index contributed by atoms with van der Waals surface area (Å²) in [5.74, 6) is -5.80. The van der Waals surface area contributed by atoms with Gasteiger partial charge in [0.1, 0.15) is 11.7 Å². The first-order chi connectivity index (χ1) is 13.2. The molecule has 1 saturated carbocycles. The summed E-state index contributed by atoms with van der Waals surface area (Å²) >= 11 is 0. The van der Waals surface area contributed by atoms with Crippen LogP contribution < -0.4 is 5.32 Å². The van der Waals surface area contributed by atoms with Crippen molar-refractivity contribution in [2.45, 2.75) is 38.2 Å². The summed E-state index contributed by atoms with van der Waals surface area (Å²) in [7, 11) is 0. The van der Waals surface area contributed by atoms with Crippen LogP contribution in [0.2, 0.25) is 0 Å². The number of carbonyl (C=O) groups excluding carboxylic acids is 2. The molecule has 2 amide bonds. The van der Waals surface area contributed by atoms with Crippen LogP contribution in [-0.2, 0) is 4.79 Å². The van der Waals surface area contributed by atoms with E-state index in [1.54, 1.807) is 6.92 Å². The number of halogens is 4. The normalized spacial score (nSPS) is 24.0. The van der Waals surface area contributed by atoms with Crippen molar-refractivity contribution >= 4 is 22.7 Å². The molecule has 1 spiro atoms. The lowest BCUT2D eigenvalue weighted by molar-refractivity contribution is -0.132. The topological polar surface area (TPSA) is 65.2 Å². The van der Waals surface area contributed by atoms with E-state index >= 15 is 0 Å². The highest BCUT2D eigenvalue weighted by Crippen LogP contribution is 2.65. The van der Waals surface area contributed by atoms with E-state index in [1.165, 1.54) is 11.0 Å². The standard InChI is InChI=1S/C19H19F4N3O2/c1-2-13(17(28)26-4-3-18(9-26)8-19(18,22)23)25-16(27)15-6-10-5-11(20)12(21)7-14(10)24-15/h5-7,13,24H,2-4,8-9H2,1H3,(H,25,27)/t13-,18+/m1/s1. The van der Waals surface area contributed by atoms with Gasteiger partial charge in [-0.3, -0.25) is 9.59 Å². The van der Waals surface area contributed by atoms with Crippen LogP contribution in [0.5, 0.6) is 0 Å². The highest BCUT2D eigenvalue weighted by molar-refractivity contribution is 6.00. The zero-order valence-corrected chi connectivity index (χ0v) is 15.1. The molecule has 0 bridgehead atoms. The Morgan fingerprint density at radius 1 is 1.25 bits per heavy atom. The van der Waals surface area contributed by atoms with Gasteiger partial charge in [-0.1, -0.05) is 6.92 Å². The number of aromatic amines is 1. The summed E-state index contributed by atoms with van der Waals surface area (Å²) < 4.78 is 53.7. The number of nitrogens with one attached hydrogen (secondary N) is 2. The molecule has 2 aromatic rings. The van der Waals surface area contributed by atoms with Crippen molar-refractivity contribution in [2.24, 2.45) is 5.41 Å². The van der Waals surface area contributed by atoms with E-state index < -0.39 is 40.8 Å². The maximum atomic E-state index is 13.5. The number of likely N-dealkylation sites (tertiary alicyclic amines) is 1. The Labute approximate surface area is 158 Å². The summed E-state index contributed by atoms with van der Waals surface area (Å²) in [6.07, 6.45) is 0.346. The lowest BCUT2D eigenvalue weighted by atomic mass is 10.1. The molecular formula is C19H19F4N3O2. The Morgan fingerprint density at radius 2 is 1.93 bits per heavy atom. The highest BCUT2D eigenvalue weighted by atomic mass is 19.3. The van der Waals surface area contributed by atoms with Gasteiger partial charge in [0.05, 0.1) is 5.41 Å². The molecule has 150 valence electrons. The second kappa shape index (κ2) is 6.22. The maximum Gasteiger partial charge on any atom is 0.268 e. The van der Waals surface area contributed by atoms with Gasteiger partial charge in [-0.15, -0.1) is 0 Å². The smallest absolute Gasteiger partial charge is 0.268 e. The molecule has 0 radical (unpaired) electrons. The van der Waals surface area contributed by atoms with Gasteiger partial charge in [0.2, 0.25) is 5.91 Å². The van der Waals surface area contributed by atoms with Gasteiger partial charge in [0, 0.05) is 36.5 Å². The van der Waals surface area contributed by atoms with E-state index in [0.717, 1.165) is 12.1 Å². The number of alkyl halides is 2. The fourth-order valence-corrected chi connectivity index (χ4v) is 3.93. The Morgan fingerprint density at radius 3 is 2.54 bits per heavy atom. The molecule has 28 heavy (non-hydrogen) atoms. The number of rotatable bonds is 4. The highest BCUT2D eigenvalue weighted by Gasteiger charge is 2.73. The largest absolute Gasteiger partial charge is 0.350 e. The first kappa shape index (κ1) is 18.8. The molecule has 2 fully saturated rings. The van der Waals surface area contributed by atoms with Crippen LogP contribution in [0.4, 0.5) is 17.6 Å². The molecule has 2 heterocycles. The van der Waals surface area contributed by atoms with Gasteiger partial charge in [-0.05, 0) is 25.0 Å². The lowest BCUT2D eigenvalue weighted by Crippen LogP contribution is -2.47. The van der Waals surface area contributed by atoms with Gasteiger partial charge in [0.25, 0.3) is 11.8 Å². The fraction of sp³-hybridized carbons (Fsp3) is 0.474. The number of carbonyl (C=O) groups is 2. The van der Waals surface area contributed by atoms with Crippen LogP contribution in [0.15, 0.2) is 18.2 Å². The molecular weight excluding hydrogens is 378 g/mol. The molecule has 1 aromatic carbocycles. The number of benzene rings is 1.